The van der Waals surface area contributed by atoms with Crippen LogP contribution in [0.4, 0.5) is 0 Å². The molecule has 0 saturated carbocycles. The van der Waals surface area contributed by atoms with Gasteiger partial charge in [-0.15, -0.1) is 0 Å². The van der Waals surface area contributed by atoms with Crippen molar-refractivity contribution >= 4 is 16.9 Å². The number of amides is 1. The second-order valence-corrected chi connectivity index (χ2v) is 5.07. The molecule has 1 aromatic carbocycles. The zero-order chi connectivity index (χ0) is 13.1. The molecule has 0 spiro atoms. The highest BCUT2D eigenvalue weighted by atomic mass is 16.3. The van der Waals surface area contributed by atoms with E-state index in [-0.39, 0.29) is 5.91 Å². The summed E-state index contributed by atoms with van der Waals surface area (Å²) in [6.07, 6.45) is 2.36. The lowest BCUT2D eigenvalue weighted by Gasteiger charge is -2.22. The Bertz CT molecular complexity index is 537. The average molecular weight is 258 g/mol. The minimum absolute atomic E-state index is 0.123. The number of hydrogen-bond donors (Lipinski definition) is 2. The lowest BCUT2D eigenvalue weighted by Crippen LogP contribution is -2.38. The molecule has 1 aliphatic rings. The van der Waals surface area contributed by atoms with E-state index in [4.69, 9.17) is 4.42 Å². The molecule has 2 aromatic rings. The van der Waals surface area contributed by atoms with Crippen molar-refractivity contribution in [1.82, 2.24) is 10.6 Å². The van der Waals surface area contributed by atoms with Crippen molar-refractivity contribution in [3.05, 3.63) is 36.1 Å². The Morgan fingerprint density at radius 1 is 1.42 bits per heavy atom. The van der Waals surface area contributed by atoms with Gasteiger partial charge in [-0.3, -0.25) is 4.79 Å². The summed E-state index contributed by atoms with van der Waals surface area (Å²) in [4.78, 5) is 12.0. The molecule has 19 heavy (non-hydrogen) atoms. The van der Waals surface area contributed by atoms with E-state index in [1.54, 1.807) is 6.07 Å². The van der Waals surface area contributed by atoms with Crippen molar-refractivity contribution in [3.63, 3.8) is 0 Å². The van der Waals surface area contributed by atoms with Gasteiger partial charge in [0.1, 0.15) is 5.58 Å². The van der Waals surface area contributed by atoms with Gasteiger partial charge >= 0.3 is 0 Å². The van der Waals surface area contributed by atoms with Crippen molar-refractivity contribution in [2.24, 2.45) is 5.92 Å². The van der Waals surface area contributed by atoms with Gasteiger partial charge in [-0.1, -0.05) is 18.2 Å². The normalized spacial score (nSPS) is 19.5. The van der Waals surface area contributed by atoms with Crippen LogP contribution in [0.5, 0.6) is 0 Å². The van der Waals surface area contributed by atoms with Gasteiger partial charge in [-0.25, -0.2) is 0 Å². The molecular formula is C15H18N2O2. The fourth-order valence-electron chi connectivity index (χ4n) is 2.52. The summed E-state index contributed by atoms with van der Waals surface area (Å²) in [5, 5.41) is 7.27. The molecule has 4 heteroatoms. The van der Waals surface area contributed by atoms with Crippen LogP contribution in [-0.2, 0) is 0 Å². The number of piperidine rings is 1. The van der Waals surface area contributed by atoms with E-state index >= 15 is 0 Å². The number of benzene rings is 1. The molecule has 0 bridgehead atoms. The molecule has 2 N–H and O–H groups in total. The summed E-state index contributed by atoms with van der Waals surface area (Å²) in [5.74, 6) is 0.800. The van der Waals surface area contributed by atoms with Gasteiger partial charge in [0.2, 0.25) is 0 Å². The molecule has 100 valence electrons. The van der Waals surface area contributed by atoms with E-state index in [9.17, 15) is 4.79 Å². The number of furan rings is 1. The fraction of sp³-hybridized carbons (Fsp3) is 0.400. The van der Waals surface area contributed by atoms with Crippen molar-refractivity contribution in [2.45, 2.75) is 12.8 Å². The third kappa shape index (κ3) is 2.79. The van der Waals surface area contributed by atoms with E-state index in [0.717, 1.165) is 24.1 Å². The lowest BCUT2D eigenvalue weighted by molar-refractivity contribution is 0.0919. The topological polar surface area (TPSA) is 54.3 Å². The number of hydrogen-bond acceptors (Lipinski definition) is 3. The molecule has 1 atom stereocenters. The number of fused-ring (bicyclic) bond motifs is 1. The number of nitrogens with one attached hydrogen (secondary N) is 2. The van der Waals surface area contributed by atoms with Gasteiger partial charge in [-0.2, -0.15) is 0 Å². The second-order valence-electron chi connectivity index (χ2n) is 5.07. The molecule has 1 unspecified atom stereocenters. The fourth-order valence-corrected chi connectivity index (χ4v) is 2.52. The van der Waals surface area contributed by atoms with Crippen molar-refractivity contribution in [2.75, 3.05) is 19.6 Å². The van der Waals surface area contributed by atoms with Gasteiger partial charge in [0.05, 0.1) is 0 Å². The second kappa shape index (κ2) is 5.45. The van der Waals surface area contributed by atoms with Crippen LogP contribution >= 0.6 is 0 Å². The number of carbonyl (C=O) groups is 1. The quantitative estimate of drug-likeness (QED) is 0.887. The summed E-state index contributed by atoms with van der Waals surface area (Å²) >= 11 is 0. The Kier molecular flexibility index (Phi) is 3.51. The highest BCUT2D eigenvalue weighted by Crippen LogP contribution is 2.18. The molecule has 1 aliphatic heterocycles. The van der Waals surface area contributed by atoms with Crippen molar-refractivity contribution < 1.29 is 9.21 Å². The van der Waals surface area contributed by atoms with Crippen LogP contribution in [0.15, 0.2) is 34.7 Å². The first-order valence-electron chi connectivity index (χ1n) is 6.80. The van der Waals surface area contributed by atoms with Crippen LogP contribution in [0.2, 0.25) is 0 Å². The van der Waals surface area contributed by atoms with Crippen LogP contribution in [0.3, 0.4) is 0 Å². The van der Waals surface area contributed by atoms with E-state index in [1.165, 1.54) is 12.8 Å². The van der Waals surface area contributed by atoms with Gasteiger partial charge in [0, 0.05) is 11.9 Å². The van der Waals surface area contributed by atoms with E-state index in [2.05, 4.69) is 10.6 Å². The predicted octanol–water partition coefficient (Wildman–Crippen LogP) is 2.16. The predicted molar refractivity (Wildman–Crippen MR) is 74.1 cm³/mol. The molecule has 1 fully saturated rings. The molecule has 3 rings (SSSR count). The Hall–Kier alpha value is -1.81. The Labute approximate surface area is 112 Å². The number of carbonyl (C=O) groups excluding carboxylic acids is 1. The number of para-hydroxylation sites is 1. The van der Waals surface area contributed by atoms with Crippen LogP contribution in [-0.4, -0.2) is 25.5 Å². The Morgan fingerprint density at radius 3 is 3.11 bits per heavy atom. The minimum Gasteiger partial charge on any atom is -0.451 e. The summed E-state index contributed by atoms with van der Waals surface area (Å²) in [5.41, 5.74) is 0.756. The summed E-state index contributed by atoms with van der Waals surface area (Å²) < 4.78 is 5.54. The van der Waals surface area contributed by atoms with Gasteiger partial charge in [-0.05, 0) is 44.0 Å². The van der Waals surface area contributed by atoms with Crippen LogP contribution in [0.1, 0.15) is 23.4 Å². The largest absolute Gasteiger partial charge is 0.451 e. The minimum atomic E-state index is -0.123. The monoisotopic (exact) mass is 258 g/mol. The zero-order valence-electron chi connectivity index (χ0n) is 10.8. The first-order chi connectivity index (χ1) is 9.33. The third-order valence-electron chi connectivity index (χ3n) is 3.60. The van der Waals surface area contributed by atoms with E-state index in [1.807, 2.05) is 24.3 Å². The maximum atomic E-state index is 12.0. The van der Waals surface area contributed by atoms with Crippen molar-refractivity contribution in [1.29, 1.82) is 0 Å². The summed E-state index contributed by atoms with van der Waals surface area (Å²) in [6.45, 7) is 2.79. The van der Waals surface area contributed by atoms with E-state index < -0.39 is 0 Å². The SMILES string of the molecule is O=C(NCC1CCCNC1)c1cc2ccccc2o1. The first-order valence-corrected chi connectivity index (χ1v) is 6.80. The Morgan fingerprint density at radius 2 is 2.32 bits per heavy atom. The molecule has 0 aliphatic carbocycles. The molecule has 2 heterocycles. The maximum absolute atomic E-state index is 12.0. The highest BCUT2D eigenvalue weighted by molar-refractivity contribution is 5.96. The number of rotatable bonds is 3. The van der Waals surface area contributed by atoms with Gasteiger partial charge in [0.15, 0.2) is 5.76 Å². The standard InChI is InChI=1S/C15H18N2O2/c18-15(17-10-11-4-3-7-16-9-11)14-8-12-5-1-2-6-13(12)19-14/h1-2,5-6,8,11,16H,3-4,7,9-10H2,(H,17,18). The first kappa shape index (κ1) is 12.2. The molecule has 1 aromatic heterocycles. The maximum Gasteiger partial charge on any atom is 0.287 e. The van der Waals surface area contributed by atoms with Crippen LogP contribution in [0, 0.1) is 5.92 Å². The zero-order valence-corrected chi connectivity index (χ0v) is 10.8. The molecule has 1 saturated heterocycles. The molecular weight excluding hydrogens is 240 g/mol. The average Bonchev–Trinajstić information content (AvgIpc) is 2.90. The smallest absolute Gasteiger partial charge is 0.287 e. The highest BCUT2D eigenvalue weighted by Gasteiger charge is 2.16. The Balaban J connectivity index is 1.63. The summed E-state index contributed by atoms with van der Waals surface area (Å²) in [6, 6.07) is 9.45. The van der Waals surface area contributed by atoms with Crippen LogP contribution in [0.25, 0.3) is 11.0 Å². The van der Waals surface area contributed by atoms with Crippen molar-refractivity contribution in [3.8, 4) is 0 Å². The van der Waals surface area contributed by atoms with E-state index in [0.29, 0.717) is 18.2 Å². The summed E-state index contributed by atoms with van der Waals surface area (Å²) in [7, 11) is 0. The van der Waals surface area contributed by atoms with Crippen LogP contribution < -0.4 is 10.6 Å². The third-order valence-corrected chi connectivity index (χ3v) is 3.60. The molecule has 0 radical (unpaired) electrons. The van der Waals surface area contributed by atoms with Gasteiger partial charge in [0.25, 0.3) is 5.91 Å². The molecule has 1 amide bonds. The lowest BCUT2D eigenvalue weighted by atomic mass is 10.00. The molecule has 4 nitrogen and oxygen atoms in total. The van der Waals surface area contributed by atoms with Gasteiger partial charge < -0.3 is 15.1 Å².